The molecule has 1 fully saturated rings. The summed E-state index contributed by atoms with van der Waals surface area (Å²) in [5, 5.41) is 0.280. The SMILES string of the molecule is Nc1ncc(-c2ccc(C(=O)N3CCC(N)C3)cc2)cc1OCc1ccc(F)cc1Cl. The fraction of sp³-hybridized carbons (Fsp3) is 0.217. The van der Waals surface area contributed by atoms with E-state index in [1.807, 2.05) is 12.1 Å². The van der Waals surface area contributed by atoms with Crippen molar-refractivity contribution in [2.24, 2.45) is 5.73 Å². The van der Waals surface area contributed by atoms with Crippen molar-refractivity contribution in [2.45, 2.75) is 19.1 Å². The summed E-state index contributed by atoms with van der Waals surface area (Å²) in [5.74, 6) is 0.199. The van der Waals surface area contributed by atoms with E-state index in [0.29, 0.717) is 30.0 Å². The zero-order chi connectivity index (χ0) is 22.0. The molecule has 2 heterocycles. The number of amides is 1. The van der Waals surface area contributed by atoms with Crippen molar-refractivity contribution in [3.63, 3.8) is 0 Å². The summed E-state index contributed by atoms with van der Waals surface area (Å²) in [6.45, 7) is 1.39. The van der Waals surface area contributed by atoms with E-state index in [1.54, 1.807) is 35.4 Å². The Bertz CT molecular complexity index is 1110. The normalized spacial score (nSPS) is 15.8. The lowest BCUT2D eigenvalue weighted by molar-refractivity contribution is 0.0791. The molecule has 1 amide bonds. The number of nitrogens with zero attached hydrogens (tertiary/aromatic N) is 2. The van der Waals surface area contributed by atoms with Gasteiger partial charge in [0.25, 0.3) is 5.91 Å². The fourth-order valence-electron chi connectivity index (χ4n) is 3.48. The molecule has 0 radical (unpaired) electrons. The van der Waals surface area contributed by atoms with Gasteiger partial charge in [-0.25, -0.2) is 9.37 Å². The molecule has 0 saturated carbocycles. The Kier molecular flexibility index (Phi) is 6.06. The molecule has 8 heteroatoms. The standard InChI is InChI=1S/C23H22ClFN4O2/c24-20-10-18(25)6-5-16(20)13-31-21-9-17(11-28-22(21)27)14-1-3-15(4-2-14)23(30)29-8-7-19(26)12-29/h1-6,9-11,19H,7-8,12-13,26H2,(H2,27,28). The quantitative estimate of drug-likeness (QED) is 0.628. The van der Waals surface area contributed by atoms with Crippen molar-refractivity contribution in [1.82, 2.24) is 9.88 Å². The van der Waals surface area contributed by atoms with E-state index < -0.39 is 5.82 Å². The Balaban J connectivity index is 1.49. The third-order valence-corrected chi connectivity index (χ3v) is 5.61. The number of carbonyl (C=O) groups is 1. The van der Waals surface area contributed by atoms with E-state index in [4.69, 9.17) is 27.8 Å². The van der Waals surface area contributed by atoms with Crippen LogP contribution >= 0.6 is 11.6 Å². The van der Waals surface area contributed by atoms with Gasteiger partial charge in [-0.2, -0.15) is 0 Å². The average molecular weight is 441 g/mol. The fourth-order valence-corrected chi connectivity index (χ4v) is 3.70. The predicted octanol–water partition coefficient (Wildman–Crippen LogP) is 3.88. The third-order valence-electron chi connectivity index (χ3n) is 5.26. The second kappa shape index (κ2) is 8.91. The number of nitrogen functional groups attached to an aromatic ring is 1. The third kappa shape index (κ3) is 4.78. The van der Waals surface area contributed by atoms with E-state index in [9.17, 15) is 9.18 Å². The summed E-state index contributed by atoms with van der Waals surface area (Å²) in [7, 11) is 0. The number of carbonyl (C=O) groups excluding carboxylic acids is 1. The van der Waals surface area contributed by atoms with Crippen LogP contribution in [0.3, 0.4) is 0 Å². The molecule has 4 N–H and O–H groups in total. The molecule has 31 heavy (non-hydrogen) atoms. The van der Waals surface area contributed by atoms with Gasteiger partial charge in [0, 0.05) is 42.0 Å². The van der Waals surface area contributed by atoms with Gasteiger partial charge in [0.1, 0.15) is 12.4 Å². The molecular weight excluding hydrogens is 419 g/mol. The number of nitrogens with two attached hydrogens (primary N) is 2. The Hall–Kier alpha value is -3.16. The zero-order valence-electron chi connectivity index (χ0n) is 16.7. The molecule has 1 aliphatic rings. The maximum absolute atomic E-state index is 13.2. The van der Waals surface area contributed by atoms with Crippen LogP contribution in [0.15, 0.2) is 54.7 Å². The van der Waals surface area contributed by atoms with Crippen LogP contribution in [0.4, 0.5) is 10.2 Å². The zero-order valence-corrected chi connectivity index (χ0v) is 17.5. The van der Waals surface area contributed by atoms with Crippen molar-refractivity contribution in [3.8, 4) is 16.9 Å². The highest BCUT2D eigenvalue weighted by atomic mass is 35.5. The molecule has 1 aliphatic heterocycles. The van der Waals surface area contributed by atoms with Crippen LogP contribution in [0.25, 0.3) is 11.1 Å². The number of hydrogen-bond donors (Lipinski definition) is 2. The van der Waals surface area contributed by atoms with Crippen LogP contribution in [0.1, 0.15) is 22.3 Å². The van der Waals surface area contributed by atoms with Crippen molar-refractivity contribution in [3.05, 3.63) is 76.7 Å². The number of hydrogen-bond acceptors (Lipinski definition) is 5. The Morgan fingerprint density at radius 3 is 2.65 bits per heavy atom. The Labute approximate surface area is 184 Å². The molecule has 6 nitrogen and oxygen atoms in total. The smallest absolute Gasteiger partial charge is 0.253 e. The predicted molar refractivity (Wildman–Crippen MR) is 118 cm³/mol. The van der Waals surface area contributed by atoms with Crippen LogP contribution < -0.4 is 16.2 Å². The van der Waals surface area contributed by atoms with Gasteiger partial charge in [-0.15, -0.1) is 0 Å². The summed E-state index contributed by atoms with van der Waals surface area (Å²) in [5.41, 5.74) is 14.8. The maximum Gasteiger partial charge on any atom is 0.253 e. The highest BCUT2D eigenvalue weighted by Gasteiger charge is 2.24. The first-order valence-corrected chi connectivity index (χ1v) is 10.3. The van der Waals surface area contributed by atoms with E-state index in [1.165, 1.54) is 12.1 Å². The molecule has 3 aromatic rings. The van der Waals surface area contributed by atoms with Gasteiger partial charge in [0.2, 0.25) is 0 Å². The van der Waals surface area contributed by atoms with E-state index in [-0.39, 0.29) is 29.4 Å². The lowest BCUT2D eigenvalue weighted by atomic mass is 10.0. The van der Waals surface area contributed by atoms with E-state index >= 15 is 0 Å². The number of aromatic nitrogens is 1. The second-order valence-corrected chi connectivity index (χ2v) is 7.92. The van der Waals surface area contributed by atoms with Gasteiger partial charge in [0.15, 0.2) is 11.6 Å². The van der Waals surface area contributed by atoms with Crippen molar-refractivity contribution in [1.29, 1.82) is 0 Å². The van der Waals surface area contributed by atoms with E-state index in [2.05, 4.69) is 4.98 Å². The molecule has 0 bridgehead atoms. The first kappa shape index (κ1) is 21.1. The van der Waals surface area contributed by atoms with Crippen LogP contribution in [-0.2, 0) is 6.61 Å². The summed E-state index contributed by atoms with van der Waals surface area (Å²) < 4.78 is 19.0. The highest BCUT2D eigenvalue weighted by Crippen LogP contribution is 2.29. The van der Waals surface area contributed by atoms with Crippen molar-refractivity contribution >= 4 is 23.3 Å². The average Bonchev–Trinajstić information content (AvgIpc) is 3.20. The molecule has 4 rings (SSSR count). The first-order chi connectivity index (χ1) is 14.9. The number of anilines is 1. The monoisotopic (exact) mass is 440 g/mol. The van der Waals surface area contributed by atoms with Crippen molar-refractivity contribution in [2.75, 3.05) is 18.8 Å². The summed E-state index contributed by atoms with van der Waals surface area (Å²) in [4.78, 5) is 18.6. The summed E-state index contributed by atoms with van der Waals surface area (Å²) >= 11 is 6.05. The lowest BCUT2D eigenvalue weighted by Crippen LogP contribution is -2.31. The summed E-state index contributed by atoms with van der Waals surface area (Å²) in [6, 6.07) is 13.2. The Morgan fingerprint density at radius 1 is 1.19 bits per heavy atom. The number of benzene rings is 2. The van der Waals surface area contributed by atoms with Gasteiger partial charge in [-0.3, -0.25) is 4.79 Å². The molecule has 160 valence electrons. The van der Waals surface area contributed by atoms with Gasteiger partial charge in [-0.1, -0.05) is 29.8 Å². The molecule has 1 saturated heterocycles. The molecule has 1 unspecified atom stereocenters. The largest absolute Gasteiger partial charge is 0.485 e. The number of halogens is 2. The van der Waals surface area contributed by atoms with Crippen LogP contribution in [0, 0.1) is 5.82 Å². The summed E-state index contributed by atoms with van der Waals surface area (Å²) in [6.07, 6.45) is 2.47. The van der Waals surface area contributed by atoms with Gasteiger partial charge in [-0.05, 0) is 42.3 Å². The molecule has 1 atom stereocenters. The number of pyridine rings is 1. The number of rotatable bonds is 5. The number of likely N-dealkylation sites (tertiary alicyclic amines) is 1. The van der Waals surface area contributed by atoms with E-state index in [0.717, 1.165) is 17.5 Å². The van der Waals surface area contributed by atoms with Crippen molar-refractivity contribution < 1.29 is 13.9 Å². The molecule has 0 aliphatic carbocycles. The minimum atomic E-state index is -0.411. The highest BCUT2D eigenvalue weighted by molar-refractivity contribution is 6.31. The topological polar surface area (TPSA) is 94.5 Å². The first-order valence-electron chi connectivity index (χ1n) is 9.88. The molecule has 1 aromatic heterocycles. The van der Waals surface area contributed by atoms with Crippen LogP contribution in [0.2, 0.25) is 5.02 Å². The van der Waals surface area contributed by atoms with Crippen LogP contribution in [0.5, 0.6) is 5.75 Å². The molecular formula is C23H22ClFN4O2. The lowest BCUT2D eigenvalue weighted by Gasteiger charge is -2.16. The maximum atomic E-state index is 13.2. The minimum Gasteiger partial charge on any atom is -0.485 e. The molecule has 2 aromatic carbocycles. The Morgan fingerprint density at radius 2 is 1.97 bits per heavy atom. The van der Waals surface area contributed by atoms with Gasteiger partial charge < -0.3 is 21.1 Å². The molecule has 0 spiro atoms. The van der Waals surface area contributed by atoms with Crippen LogP contribution in [-0.4, -0.2) is 34.9 Å². The second-order valence-electron chi connectivity index (χ2n) is 7.51. The number of ether oxygens (including phenoxy) is 1. The van der Waals surface area contributed by atoms with Gasteiger partial charge in [0.05, 0.1) is 5.02 Å². The minimum absolute atomic E-state index is 0.0184. The van der Waals surface area contributed by atoms with Gasteiger partial charge >= 0.3 is 0 Å².